The van der Waals surface area contributed by atoms with Gasteiger partial charge in [-0.3, -0.25) is 0 Å². The number of aryl methyl sites for hydroxylation is 2. The van der Waals surface area contributed by atoms with Crippen molar-refractivity contribution in [1.82, 2.24) is 4.57 Å². The molecule has 1 rings (SSSR count). The molecule has 0 saturated heterocycles. The van der Waals surface area contributed by atoms with E-state index in [4.69, 9.17) is 0 Å². The molecule has 0 atom stereocenters. The molecule has 14 heavy (non-hydrogen) atoms. The third-order valence-electron chi connectivity index (χ3n) is 1.19. The minimum atomic E-state index is -6.00. The summed E-state index contributed by atoms with van der Waals surface area (Å²) in [6.07, 6.45) is 6.14. The molecule has 0 bridgehead atoms. The van der Waals surface area contributed by atoms with Crippen molar-refractivity contribution in [3.05, 3.63) is 18.7 Å². The van der Waals surface area contributed by atoms with Gasteiger partial charge < -0.3 is 17.3 Å². The summed E-state index contributed by atoms with van der Waals surface area (Å²) in [5.74, 6) is 0. The molecule has 0 saturated carbocycles. The zero-order chi connectivity index (χ0) is 10.5. The van der Waals surface area contributed by atoms with Crippen molar-refractivity contribution < 1.29 is 21.8 Å². The number of rotatable bonds is 1. The van der Waals surface area contributed by atoms with Gasteiger partial charge in [-0.05, 0) is 6.92 Å². The summed E-state index contributed by atoms with van der Waals surface area (Å²) in [6, 6.07) is 0. The topological polar surface area (TPSA) is 8.81 Å². The third-order valence-corrected chi connectivity index (χ3v) is 1.19. The van der Waals surface area contributed by atoms with Crippen LogP contribution < -0.4 is 4.57 Å². The summed E-state index contributed by atoms with van der Waals surface area (Å²) in [5, 5.41) is 0. The summed E-state index contributed by atoms with van der Waals surface area (Å²) in [7, 11) is -3.98. The van der Waals surface area contributed by atoms with E-state index in [9.17, 15) is 17.3 Å². The van der Waals surface area contributed by atoms with E-state index < -0.39 is 7.25 Å². The van der Waals surface area contributed by atoms with Crippen molar-refractivity contribution in [3.63, 3.8) is 0 Å². The van der Waals surface area contributed by atoms with Crippen molar-refractivity contribution in [2.45, 2.75) is 13.5 Å². The average Bonchev–Trinajstić information content (AvgIpc) is 2.31. The molecule has 8 heteroatoms. The summed E-state index contributed by atoms with van der Waals surface area (Å²) < 4.78 is 43.2. The van der Waals surface area contributed by atoms with Gasteiger partial charge >= 0.3 is 26.1 Å². The maximum absolute atomic E-state index is 9.75. The molecule has 0 N–H and O–H groups in total. The van der Waals surface area contributed by atoms with E-state index in [1.165, 1.54) is 0 Å². The number of aromatic nitrogens is 2. The van der Waals surface area contributed by atoms with Crippen LogP contribution in [0.5, 0.6) is 0 Å². The first-order valence-electron chi connectivity index (χ1n) is 3.71. The Labute approximate surface area is 92.2 Å². The average molecular weight is 206 g/mol. The van der Waals surface area contributed by atoms with E-state index in [1.807, 2.05) is 17.8 Å². The van der Waals surface area contributed by atoms with Gasteiger partial charge in [0.05, 0.1) is 13.6 Å². The van der Waals surface area contributed by atoms with E-state index in [0.29, 0.717) is 0 Å². The SMILES string of the molecule is CCn1cc[n+](C)c1.F[B-](F)(F)F.[LiH]. The third kappa shape index (κ3) is 11.6. The molecule has 0 amide bonds. The van der Waals surface area contributed by atoms with Crippen LogP contribution in [0.3, 0.4) is 0 Å². The Morgan fingerprint density at radius 1 is 1.29 bits per heavy atom. The van der Waals surface area contributed by atoms with Gasteiger partial charge in [0.2, 0.25) is 6.33 Å². The summed E-state index contributed by atoms with van der Waals surface area (Å²) in [4.78, 5) is 0. The molecule has 78 valence electrons. The zero-order valence-electron chi connectivity index (χ0n) is 7.42. The standard InChI is InChI=1S/C6H11N2.BF4.Li.H/c1-3-8-5-4-7(2)6-8;2-1(3,4)5;;/h4-6H,3H2,1-2H3;;;/q+1;-1;;. The van der Waals surface area contributed by atoms with Gasteiger partial charge in [0.25, 0.3) is 0 Å². The first-order chi connectivity index (χ1) is 5.83. The molecule has 2 nitrogen and oxygen atoms in total. The van der Waals surface area contributed by atoms with Crippen LogP contribution in [0.15, 0.2) is 18.7 Å². The van der Waals surface area contributed by atoms with Gasteiger partial charge in [0.15, 0.2) is 0 Å². The molecule has 0 aliphatic heterocycles. The molecule has 0 spiro atoms. The van der Waals surface area contributed by atoms with E-state index in [0.717, 1.165) is 6.54 Å². The van der Waals surface area contributed by atoms with Gasteiger partial charge in [-0.25, -0.2) is 9.13 Å². The fourth-order valence-corrected chi connectivity index (χ4v) is 0.689. The molecule has 1 aromatic rings. The van der Waals surface area contributed by atoms with Crippen LogP contribution >= 0.6 is 0 Å². The second kappa shape index (κ2) is 6.96. The Bertz CT molecular complexity index is 244. The molecule has 0 radical (unpaired) electrons. The summed E-state index contributed by atoms with van der Waals surface area (Å²) in [5.41, 5.74) is 0. The maximum atomic E-state index is 9.75. The number of halogens is 4. The first kappa shape index (κ1) is 16.0. The van der Waals surface area contributed by atoms with Crippen LogP contribution in [0.1, 0.15) is 6.92 Å². The molecule has 0 aliphatic carbocycles. The molecule has 1 heterocycles. The summed E-state index contributed by atoms with van der Waals surface area (Å²) >= 11 is 0. The van der Waals surface area contributed by atoms with E-state index in [2.05, 4.69) is 24.0 Å². The molecule has 0 aliphatic rings. The molecule has 0 aromatic carbocycles. The van der Waals surface area contributed by atoms with Crippen molar-refractivity contribution in [2.24, 2.45) is 7.05 Å². The first-order valence-corrected chi connectivity index (χ1v) is 3.71. The van der Waals surface area contributed by atoms with Crippen molar-refractivity contribution >= 4 is 26.1 Å². The number of hydrogen-bond acceptors (Lipinski definition) is 0. The van der Waals surface area contributed by atoms with Crippen LogP contribution in [0.2, 0.25) is 0 Å². The van der Waals surface area contributed by atoms with Crippen molar-refractivity contribution in [2.75, 3.05) is 0 Å². The monoisotopic (exact) mass is 206 g/mol. The quantitative estimate of drug-likeness (QED) is 0.368. The fraction of sp³-hybridized carbons (Fsp3) is 0.500. The number of imidazole rings is 1. The fourth-order valence-electron chi connectivity index (χ4n) is 0.689. The van der Waals surface area contributed by atoms with Crippen molar-refractivity contribution in [1.29, 1.82) is 0 Å². The van der Waals surface area contributed by atoms with E-state index in [1.54, 1.807) is 0 Å². The van der Waals surface area contributed by atoms with Gasteiger partial charge in [-0.1, -0.05) is 0 Å². The molecule has 0 unspecified atom stereocenters. The Balaban J connectivity index is 0. The van der Waals surface area contributed by atoms with Gasteiger partial charge in [-0.2, -0.15) is 0 Å². The molecule has 1 aromatic heterocycles. The zero-order valence-corrected chi connectivity index (χ0v) is 7.42. The van der Waals surface area contributed by atoms with E-state index in [-0.39, 0.29) is 18.9 Å². The van der Waals surface area contributed by atoms with Crippen LogP contribution in [-0.2, 0) is 13.6 Å². The minimum absolute atomic E-state index is 0. The Kier molecular flexibility index (Phi) is 7.97. The van der Waals surface area contributed by atoms with Crippen molar-refractivity contribution in [3.8, 4) is 0 Å². The predicted molar refractivity (Wildman–Crippen MR) is 48.6 cm³/mol. The Morgan fingerprint density at radius 2 is 1.71 bits per heavy atom. The summed E-state index contributed by atoms with van der Waals surface area (Å²) in [6.45, 7) is 3.18. The van der Waals surface area contributed by atoms with Crippen LogP contribution in [-0.4, -0.2) is 30.7 Å². The van der Waals surface area contributed by atoms with Gasteiger partial charge in [-0.15, -0.1) is 0 Å². The van der Waals surface area contributed by atoms with Gasteiger partial charge in [0, 0.05) is 0 Å². The van der Waals surface area contributed by atoms with E-state index >= 15 is 0 Å². The Hall–Kier alpha value is -0.408. The second-order valence-corrected chi connectivity index (χ2v) is 2.40. The predicted octanol–water partition coefficient (Wildman–Crippen LogP) is 0.984. The number of nitrogens with zero attached hydrogens (tertiary/aromatic N) is 2. The normalized spacial score (nSPS) is 9.86. The number of hydrogen-bond donors (Lipinski definition) is 0. The van der Waals surface area contributed by atoms with Gasteiger partial charge in [0.1, 0.15) is 12.4 Å². The van der Waals surface area contributed by atoms with Crippen LogP contribution in [0.25, 0.3) is 0 Å². The molecular weight excluding hydrogens is 194 g/mol. The van der Waals surface area contributed by atoms with Crippen LogP contribution in [0, 0.1) is 0 Å². The molecular formula is C6H12BF4LiN2. The molecule has 0 fully saturated rings. The Morgan fingerprint density at radius 3 is 1.86 bits per heavy atom. The van der Waals surface area contributed by atoms with Crippen LogP contribution in [0.4, 0.5) is 17.3 Å². The second-order valence-electron chi connectivity index (χ2n) is 2.40.